The third kappa shape index (κ3) is 3.86. The fraction of sp³-hybridized carbons (Fsp3) is 0.550. The molecule has 0 amide bonds. The Morgan fingerprint density at radius 3 is 2.42 bits per heavy atom. The molecule has 142 valence electrons. The third-order valence-corrected chi connectivity index (χ3v) is 5.52. The zero-order valence-corrected chi connectivity index (χ0v) is 16.2. The Morgan fingerprint density at radius 1 is 1.12 bits per heavy atom. The lowest BCUT2D eigenvalue weighted by Gasteiger charge is -2.22. The third-order valence-electron chi connectivity index (χ3n) is 5.52. The molecule has 0 bridgehead atoms. The Kier molecular flexibility index (Phi) is 5.84. The van der Waals surface area contributed by atoms with Crippen molar-refractivity contribution >= 4 is 5.97 Å². The molecule has 0 saturated carbocycles. The maximum Gasteiger partial charge on any atom is 0.340 e. The highest BCUT2D eigenvalue weighted by Crippen LogP contribution is 2.24. The van der Waals surface area contributed by atoms with Gasteiger partial charge in [0.2, 0.25) is 0 Å². The molecule has 3 heterocycles. The number of esters is 1. The van der Waals surface area contributed by atoms with Gasteiger partial charge in [-0.15, -0.1) is 0 Å². The number of carbonyl (C=O) groups excluding carboxylic acids is 1. The lowest BCUT2D eigenvalue weighted by atomic mass is 10.1. The van der Waals surface area contributed by atoms with Crippen molar-refractivity contribution in [1.82, 2.24) is 14.4 Å². The van der Waals surface area contributed by atoms with Crippen LogP contribution in [0.2, 0.25) is 0 Å². The van der Waals surface area contributed by atoms with Crippen molar-refractivity contribution in [1.29, 1.82) is 0 Å². The highest BCUT2D eigenvalue weighted by molar-refractivity contribution is 5.93. The molecule has 0 atom stereocenters. The van der Waals surface area contributed by atoms with Crippen LogP contribution in [-0.4, -0.2) is 53.6 Å². The minimum absolute atomic E-state index is 0.240. The number of methoxy groups -OCH3 is 1. The molecular weight excluding hydrogens is 330 g/mol. The quantitative estimate of drug-likeness (QED) is 0.769. The summed E-state index contributed by atoms with van der Waals surface area (Å²) in [5.74, 6) is 0.774. The van der Waals surface area contributed by atoms with Gasteiger partial charge in [0, 0.05) is 43.6 Å². The van der Waals surface area contributed by atoms with Crippen LogP contribution in [0.5, 0.6) is 0 Å². The van der Waals surface area contributed by atoms with E-state index < -0.39 is 0 Å². The van der Waals surface area contributed by atoms with Crippen molar-refractivity contribution in [3.8, 4) is 0 Å². The Morgan fingerprint density at radius 2 is 1.81 bits per heavy atom. The summed E-state index contributed by atoms with van der Waals surface area (Å²) in [6.07, 6.45) is 2.84. The summed E-state index contributed by atoms with van der Waals surface area (Å²) >= 11 is 0. The Bertz CT molecular complexity index is 749. The molecule has 0 radical (unpaired) electrons. The standard InChI is InChI=1S/C20H29N3O3/c1-15-18(19(20(24)25-4)16(2)21(15)3)14-23-9-6-8-22(10-11-23)13-17-7-5-12-26-17/h5,7,12H,6,8-11,13-14H2,1-4H3. The summed E-state index contributed by atoms with van der Waals surface area (Å²) in [6, 6.07) is 3.97. The van der Waals surface area contributed by atoms with Gasteiger partial charge in [0.25, 0.3) is 0 Å². The van der Waals surface area contributed by atoms with Crippen molar-refractivity contribution in [3.05, 3.63) is 46.7 Å². The molecule has 1 fully saturated rings. The Labute approximate surface area is 155 Å². The maximum absolute atomic E-state index is 12.3. The molecule has 0 spiro atoms. The molecular formula is C20H29N3O3. The first-order valence-electron chi connectivity index (χ1n) is 9.21. The second-order valence-corrected chi connectivity index (χ2v) is 7.06. The lowest BCUT2D eigenvalue weighted by Crippen LogP contribution is -2.30. The first kappa shape index (κ1) is 18.7. The summed E-state index contributed by atoms with van der Waals surface area (Å²) in [6.45, 7) is 9.78. The largest absolute Gasteiger partial charge is 0.468 e. The van der Waals surface area contributed by atoms with Crippen molar-refractivity contribution < 1.29 is 13.9 Å². The number of nitrogens with zero attached hydrogens (tertiary/aromatic N) is 3. The molecule has 0 aromatic carbocycles. The van der Waals surface area contributed by atoms with E-state index in [2.05, 4.69) is 21.3 Å². The molecule has 1 saturated heterocycles. The highest BCUT2D eigenvalue weighted by atomic mass is 16.5. The molecule has 1 aliphatic heterocycles. The number of carbonyl (C=O) groups is 1. The average Bonchev–Trinajstić information content (AvgIpc) is 3.13. The van der Waals surface area contributed by atoms with Crippen LogP contribution in [0.4, 0.5) is 0 Å². The SMILES string of the molecule is COC(=O)c1c(CN2CCCN(Cc3ccco3)CC2)c(C)n(C)c1C. The average molecular weight is 359 g/mol. The van der Waals surface area contributed by atoms with Gasteiger partial charge in [0.1, 0.15) is 5.76 Å². The summed E-state index contributed by atoms with van der Waals surface area (Å²) in [7, 11) is 3.46. The van der Waals surface area contributed by atoms with E-state index in [9.17, 15) is 4.79 Å². The van der Waals surface area contributed by atoms with Gasteiger partial charge in [-0.1, -0.05) is 0 Å². The van der Waals surface area contributed by atoms with Gasteiger partial charge < -0.3 is 13.7 Å². The van der Waals surface area contributed by atoms with Gasteiger partial charge in [-0.25, -0.2) is 4.79 Å². The molecule has 0 unspecified atom stereocenters. The topological polar surface area (TPSA) is 50.9 Å². The van der Waals surface area contributed by atoms with E-state index in [0.29, 0.717) is 0 Å². The minimum Gasteiger partial charge on any atom is -0.468 e. The lowest BCUT2D eigenvalue weighted by molar-refractivity contribution is 0.0597. The van der Waals surface area contributed by atoms with Crippen molar-refractivity contribution in [2.75, 3.05) is 33.3 Å². The normalized spacial score (nSPS) is 16.6. The first-order valence-corrected chi connectivity index (χ1v) is 9.21. The molecule has 6 nitrogen and oxygen atoms in total. The molecule has 2 aromatic heterocycles. The fourth-order valence-electron chi connectivity index (χ4n) is 3.77. The van der Waals surface area contributed by atoms with Crippen LogP contribution in [0.1, 0.15) is 39.5 Å². The van der Waals surface area contributed by atoms with Crippen LogP contribution in [0.15, 0.2) is 22.8 Å². The maximum atomic E-state index is 12.3. The molecule has 6 heteroatoms. The second-order valence-electron chi connectivity index (χ2n) is 7.06. The van der Waals surface area contributed by atoms with Crippen molar-refractivity contribution in [2.45, 2.75) is 33.4 Å². The molecule has 26 heavy (non-hydrogen) atoms. The Hall–Kier alpha value is -2.05. The number of rotatable bonds is 5. The van der Waals surface area contributed by atoms with Crippen LogP contribution in [0.25, 0.3) is 0 Å². The predicted octanol–water partition coefficient (Wildman–Crippen LogP) is 2.73. The molecule has 1 aliphatic rings. The Balaban J connectivity index is 1.70. The second kappa shape index (κ2) is 8.10. The van der Waals surface area contributed by atoms with E-state index in [4.69, 9.17) is 9.15 Å². The van der Waals surface area contributed by atoms with E-state index >= 15 is 0 Å². The smallest absolute Gasteiger partial charge is 0.340 e. The van der Waals surface area contributed by atoms with Crippen LogP contribution in [-0.2, 0) is 24.9 Å². The minimum atomic E-state index is -0.240. The van der Waals surface area contributed by atoms with Crippen molar-refractivity contribution in [3.63, 3.8) is 0 Å². The molecule has 0 N–H and O–H groups in total. The number of furan rings is 1. The zero-order valence-electron chi connectivity index (χ0n) is 16.2. The van der Waals surface area contributed by atoms with Gasteiger partial charge >= 0.3 is 5.97 Å². The fourth-order valence-corrected chi connectivity index (χ4v) is 3.77. The van der Waals surface area contributed by atoms with Crippen LogP contribution >= 0.6 is 0 Å². The summed E-state index contributed by atoms with van der Waals surface area (Å²) in [5, 5.41) is 0. The van der Waals surface area contributed by atoms with E-state index in [1.54, 1.807) is 6.26 Å². The number of ether oxygens (including phenoxy) is 1. The van der Waals surface area contributed by atoms with Gasteiger partial charge in [-0.05, 0) is 45.5 Å². The van der Waals surface area contributed by atoms with Gasteiger partial charge in [0.15, 0.2) is 0 Å². The summed E-state index contributed by atoms with van der Waals surface area (Å²) < 4.78 is 12.6. The van der Waals surface area contributed by atoms with Crippen molar-refractivity contribution in [2.24, 2.45) is 7.05 Å². The van der Waals surface area contributed by atoms with Crippen LogP contribution in [0.3, 0.4) is 0 Å². The highest BCUT2D eigenvalue weighted by Gasteiger charge is 2.25. The van der Waals surface area contributed by atoms with E-state index in [0.717, 1.165) is 74.0 Å². The van der Waals surface area contributed by atoms with E-state index in [-0.39, 0.29) is 5.97 Å². The number of hydrogen-bond donors (Lipinski definition) is 0. The van der Waals surface area contributed by atoms with E-state index in [1.807, 2.05) is 26.1 Å². The summed E-state index contributed by atoms with van der Waals surface area (Å²) in [4.78, 5) is 17.2. The number of aromatic nitrogens is 1. The van der Waals surface area contributed by atoms with Crippen LogP contribution in [0, 0.1) is 13.8 Å². The van der Waals surface area contributed by atoms with Gasteiger partial charge in [-0.2, -0.15) is 0 Å². The molecule has 0 aliphatic carbocycles. The monoisotopic (exact) mass is 359 g/mol. The molecule has 3 rings (SSSR count). The first-order chi connectivity index (χ1) is 12.5. The van der Waals surface area contributed by atoms with E-state index in [1.165, 1.54) is 7.11 Å². The predicted molar refractivity (Wildman–Crippen MR) is 100 cm³/mol. The number of hydrogen-bond acceptors (Lipinski definition) is 5. The molecule has 2 aromatic rings. The van der Waals surface area contributed by atoms with Gasteiger partial charge in [0.05, 0.1) is 25.5 Å². The van der Waals surface area contributed by atoms with Crippen LogP contribution < -0.4 is 0 Å². The van der Waals surface area contributed by atoms with Gasteiger partial charge in [-0.3, -0.25) is 9.80 Å². The summed E-state index contributed by atoms with van der Waals surface area (Å²) in [5.41, 5.74) is 3.93. The zero-order chi connectivity index (χ0) is 18.7.